The second-order valence-electron chi connectivity index (χ2n) is 7.19. The third kappa shape index (κ3) is 6.83. The lowest BCUT2D eigenvalue weighted by atomic mass is 10.1. The quantitative estimate of drug-likeness (QED) is 0.283. The number of methoxy groups -OCH3 is 1. The molecule has 0 heterocycles. The molecule has 3 aromatic carbocycles. The number of ether oxygens (including phenoxy) is 3. The van der Waals surface area contributed by atoms with Gasteiger partial charge in [-0.25, -0.2) is 5.43 Å². The maximum Gasteiger partial charge on any atom is 0.329 e. The highest BCUT2D eigenvalue weighted by molar-refractivity contribution is 6.39. The van der Waals surface area contributed by atoms with Crippen LogP contribution in [0, 0.1) is 0 Å². The molecule has 2 N–H and O–H groups in total. The molecule has 3 aromatic rings. The lowest BCUT2D eigenvalue weighted by Crippen LogP contribution is -2.32. The Morgan fingerprint density at radius 2 is 1.62 bits per heavy atom. The lowest BCUT2D eigenvalue weighted by Gasteiger charge is -2.12. The molecule has 0 unspecified atom stereocenters. The summed E-state index contributed by atoms with van der Waals surface area (Å²) < 4.78 is 16.6. The Kier molecular flexibility index (Phi) is 8.62. The van der Waals surface area contributed by atoms with Crippen LogP contribution in [0.1, 0.15) is 25.0 Å². The van der Waals surface area contributed by atoms with Crippen molar-refractivity contribution in [3.05, 3.63) is 83.9 Å². The number of rotatable bonds is 9. The molecule has 0 bridgehead atoms. The Hall–Kier alpha value is -4.33. The van der Waals surface area contributed by atoms with Crippen LogP contribution >= 0.6 is 0 Å². The van der Waals surface area contributed by atoms with Crippen molar-refractivity contribution >= 4 is 23.2 Å². The van der Waals surface area contributed by atoms with E-state index in [9.17, 15) is 9.59 Å². The van der Waals surface area contributed by atoms with Crippen LogP contribution in [0.5, 0.6) is 17.2 Å². The zero-order valence-electron chi connectivity index (χ0n) is 19.3. The first-order valence-electron chi connectivity index (χ1n) is 10.7. The molecule has 0 spiro atoms. The van der Waals surface area contributed by atoms with E-state index in [4.69, 9.17) is 14.2 Å². The summed E-state index contributed by atoms with van der Waals surface area (Å²) >= 11 is 0. The van der Waals surface area contributed by atoms with Crippen molar-refractivity contribution in [3.63, 3.8) is 0 Å². The maximum absolute atomic E-state index is 12.2. The number of nitrogens with zero attached hydrogens (tertiary/aromatic N) is 1. The third-order valence-corrected chi connectivity index (χ3v) is 4.77. The highest BCUT2D eigenvalue weighted by Crippen LogP contribution is 2.29. The summed E-state index contributed by atoms with van der Waals surface area (Å²) in [6.07, 6.45) is 0. The van der Waals surface area contributed by atoms with Gasteiger partial charge in [-0.05, 0) is 61.9 Å². The number of anilines is 1. The Morgan fingerprint density at radius 1 is 0.882 bits per heavy atom. The fourth-order valence-corrected chi connectivity index (χ4v) is 2.99. The van der Waals surface area contributed by atoms with E-state index in [-0.39, 0.29) is 0 Å². The van der Waals surface area contributed by atoms with Gasteiger partial charge < -0.3 is 19.5 Å². The number of nitrogens with one attached hydrogen (secondary N) is 2. The normalized spacial score (nSPS) is 10.9. The van der Waals surface area contributed by atoms with Gasteiger partial charge in [-0.1, -0.05) is 30.3 Å². The smallest absolute Gasteiger partial charge is 0.329 e. The van der Waals surface area contributed by atoms with Crippen molar-refractivity contribution in [1.29, 1.82) is 0 Å². The molecule has 0 aliphatic rings. The number of amides is 2. The number of carbonyl (C=O) groups excluding carboxylic acids is 2. The van der Waals surface area contributed by atoms with Crippen LogP contribution in [-0.2, 0) is 16.2 Å². The topological polar surface area (TPSA) is 98.2 Å². The summed E-state index contributed by atoms with van der Waals surface area (Å²) in [5.74, 6) is 0.0762. The highest BCUT2D eigenvalue weighted by Gasteiger charge is 2.14. The molecule has 0 saturated carbocycles. The zero-order valence-corrected chi connectivity index (χ0v) is 19.3. The Balaban J connectivity index is 1.58. The third-order valence-electron chi connectivity index (χ3n) is 4.77. The largest absolute Gasteiger partial charge is 0.494 e. The van der Waals surface area contributed by atoms with Crippen LogP contribution in [0.2, 0.25) is 0 Å². The van der Waals surface area contributed by atoms with Gasteiger partial charge in [0.05, 0.1) is 19.4 Å². The molecule has 0 fully saturated rings. The molecular formula is C26H27N3O5. The van der Waals surface area contributed by atoms with Gasteiger partial charge in [-0.2, -0.15) is 5.10 Å². The van der Waals surface area contributed by atoms with Crippen LogP contribution in [0.4, 0.5) is 5.69 Å². The highest BCUT2D eigenvalue weighted by atomic mass is 16.5. The van der Waals surface area contributed by atoms with E-state index in [0.717, 1.165) is 5.56 Å². The Morgan fingerprint density at radius 3 is 2.29 bits per heavy atom. The van der Waals surface area contributed by atoms with E-state index in [1.54, 1.807) is 56.5 Å². The maximum atomic E-state index is 12.2. The minimum Gasteiger partial charge on any atom is -0.494 e. The predicted octanol–water partition coefficient (Wildman–Crippen LogP) is 4.15. The first kappa shape index (κ1) is 24.3. The molecule has 0 saturated heterocycles. The van der Waals surface area contributed by atoms with Crippen LogP contribution < -0.4 is 25.0 Å². The van der Waals surface area contributed by atoms with Gasteiger partial charge in [-0.15, -0.1) is 0 Å². The summed E-state index contributed by atoms with van der Waals surface area (Å²) in [6, 6.07) is 21.9. The summed E-state index contributed by atoms with van der Waals surface area (Å²) in [6.45, 7) is 4.54. The van der Waals surface area contributed by atoms with Gasteiger partial charge in [0.2, 0.25) is 0 Å². The number of benzene rings is 3. The second kappa shape index (κ2) is 12.1. The SMILES string of the molecule is CCOc1ccc(NC(=O)C(=O)NN=C(C)c2ccc(OCc3ccccc3)c(OC)c2)cc1. The molecule has 0 aromatic heterocycles. The molecule has 3 rings (SSSR count). The van der Waals surface area contributed by atoms with Gasteiger partial charge in [0, 0.05) is 11.3 Å². The molecule has 176 valence electrons. The number of hydrogen-bond acceptors (Lipinski definition) is 6. The van der Waals surface area contributed by atoms with Gasteiger partial charge in [0.15, 0.2) is 11.5 Å². The molecule has 2 amide bonds. The number of hydrogen-bond donors (Lipinski definition) is 2. The van der Waals surface area contributed by atoms with E-state index < -0.39 is 11.8 Å². The van der Waals surface area contributed by atoms with Crippen LogP contribution in [0.25, 0.3) is 0 Å². The van der Waals surface area contributed by atoms with Crippen LogP contribution in [0.3, 0.4) is 0 Å². The van der Waals surface area contributed by atoms with Crippen molar-refractivity contribution in [3.8, 4) is 17.2 Å². The number of hydrazone groups is 1. The van der Waals surface area contributed by atoms with Gasteiger partial charge in [-0.3, -0.25) is 9.59 Å². The molecule has 8 nitrogen and oxygen atoms in total. The summed E-state index contributed by atoms with van der Waals surface area (Å²) in [5, 5.41) is 6.55. The van der Waals surface area contributed by atoms with E-state index >= 15 is 0 Å². The fourth-order valence-electron chi connectivity index (χ4n) is 2.99. The molecule has 8 heteroatoms. The van der Waals surface area contributed by atoms with Crippen LogP contribution in [-0.4, -0.2) is 31.2 Å². The fraction of sp³-hybridized carbons (Fsp3) is 0.192. The monoisotopic (exact) mass is 461 g/mol. The molecule has 0 aliphatic heterocycles. The summed E-state index contributed by atoms with van der Waals surface area (Å²) in [7, 11) is 1.55. The first-order chi connectivity index (χ1) is 16.5. The van der Waals surface area contributed by atoms with Crippen molar-refractivity contribution in [2.24, 2.45) is 5.10 Å². The second-order valence-corrected chi connectivity index (χ2v) is 7.19. The molecule has 0 atom stereocenters. The number of carbonyl (C=O) groups is 2. The average Bonchev–Trinajstić information content (AvgIpc) is 2.87. The van der Waals surface area contributed by atoms with Crippen molar-refractivity contribution < 1.29 is 23.8 Å². The predicted molar refractivity (Wildman–Crippen MR) is 130 cm³/mol. The van der Waals surface area contributed by atoms with Gasteiger partial charge >= 0.3 is 11.8 Å². The van der Waals surface area contributed by atoms with E-state index in [1.807, 2.05) is 37.3 Å². The van der Waals surface area contributed by atoms with Crippen molar-refractivity contribution in [1.82, 2.24) is 5.43 Å². The zero-order chi connectivity index (χ0) is 24.3. The lowest BCUT2D eigenvalue weighted by molar-refractivity contribution is -0.136. The van der Waals surface area contributed by atoms with E-state index in [0.29, 0.717) is 47.4 Å². The van der Waals surface area contributed by atoms with Crippen LogP contribution in [0.15, 0.2) is 77.9 Å². The van der Waals surface area contributed by atoms with Crippen molar-refractivity contribution in [2.75, 3.05) is 19.0 Å². The molecule has 0 radical (unpaired) electrons. The molecule has 0 aliphatic carbocycles. The standard InChI is InChI=1S/C26H27N3O5/c1-4-33-22-13-11-21(12-14-22)27-25(30)26(31)29-28-18(2)20-10-15-23(24(16-20)32-3)34-17-19-8-6-5-7-9-19/h5-16H,4,17H2,1-3H3,(H,27,30)(H,29,31). The summed E-state index contributed by atoms with van der Waals surface area (Å²) in [5.41, 5.74) is 4.98. The minimum atomic E-state index is -0.886. The van der Waals surface area contributed by atoms with Gasteiger partial charge in [0.1, 0.15) is 12.4 Å². The Bertz CT molecular complexity index is 1140. The first-order valence-corrected chi connectivity index (χ1v) is 10.7. The average molecular weight is 462 g/mol. The Labute approximate surface area is 198 Å². The molecule has 34 heavy (non-hydrogen) atoms. The van der Waals surface area contributed by atoms with Gasteiger partial charge in [0.25, 0.3) is 0 Å². The van der Waals surface area contributed by atoms with Crippen molar-refractivity contribution in [2.45, 2.75) is 20.5 Å². The summed E-state index contributed by atoms with van der Waals surface area (Å²) in [4.78, 5) is 24.3. The van der Waals surface area contributed by atoms with E-state index in [1.165, 1.54) is 0 Å². The molecular weight excluding hydrogens is 434 g/mol. The minimum absolute atomic E-state index is 0.406. The van der Waals surface area contributed by atoms with E-state index in [2.05, 4.69) is 15.8 Å².